The minimum atomic E-state index is -0.765. The van der Waals surface area contributed by atoms with Gasteiger partial charge >= 0.3 is 0 Å². The lowest BCUT2D eigenvalue weighted by molar-refractivity contribution is -0.142. The number of hydrogen-bond acceptors (Lipinski definition) is 3. The third kappa shape index (κ3) is 6.09. The van der Waals surface area contributed by atoms with E-state index in [9.17, 15) is 14.0 Å². The number of rotatable bonds is 8. The van der Waals surface area contributed by atoms with E-state index in [1.807, 2.05) is 19.9 Å². The number of carbonyl (C=O) groups is 2. The van der Waals surface area contributed by atoms with E-state index in [1.165, 1.54) is 11.0 Å². The molecule has 2 rings (SSSR count). The van der Waals surface area contributed by atoms with Crippen molar-refractivity contribution >= 4 is 11.8 Å². The lowest BCUT2D eigenvalue weighted by Crippen LogP contribution is -2.50. The zero-order valence-electron chi connectivity index (χ0n) is 15.8. The van der Waals surface area contributed by atoms with Gasteiger partial charge < -0.3 is 15.0 Å². The average Bonchev–Trinajstić information content (AvgIpc) is 2.65. The Morgan fingerprint density at radius 3 is 2.30 bits per heavy atom. The number of amides is 2. The van der Waals surface area contributed by atoms with Gasteiger partial charge in [0.05, 0.1) is 0 Å². The molecule has 0 aromatic heterocycles. The van der Waals surface area contributed by atoms with Crippen molar-refractivity contribution in [3.8, 4) is 5.75 Å². The number of carbonyl (C=O) groups excluding carboxylic acids is 2. The molecule has 0 fully saturated rings. The maximum atomic E-state index is 14.1. The Morgan fingerprint density at radius 2 is 1.67 bits per heavy atom. The van der Waals surface area contributed by atoms with Crippen LogP contribution < -0.4 is 10.1 Å². The van der Waals surface area contributed by atoms with Crippen LogP contribution in [0.25, 0.3) is 0 Å². The van der Waals surface area contributed by atoms with Gasteiger partial charge in [-0.15, -0.1) is 0 Å². The summed E-state index contributed by atoms with van der Waals surface area (Å²) in [4.78, 5) is 26.5. The van der Waals surface area contributed by atoms with Crippen LogP contribution in [0.3, 0.4) is 0 Å². The van der Waals surface area contributed by atoms with Crippen molar-refractivity contribution in [2.45, 2.75) is 39.4 Å². The van der Waals surface area contributed by atoms with Crippen molar-refractivity contribution < 1.29 is 18.7 Å². The lowest BCUT2D eigenvalue weighted by Gasteiger charge is -2.29. The quantitative estimate of drug-likeness (QED) is 0.774. The fraction of sp³-hybridized carbons (Fsp3) is 0.333. The Labute approximate surface area is 159 Å². The molecule has 2 amide bonds. The minimum absolute atomic E-state index is 0.0175. The summed E-state index contributed by atoms with van der Waals surface area (Å²) in [5, 5.41) is 2.78. The zero-order chi connectivity index (χ0) is 19.8. The highest BCUT2D eigenvalue weighted by molar-refractivity contribution is 5.88. The molecule has 2 aromatic rings. The van der Waals surface area contributed by atoms with Crippen LogP contribution in [-0.4, -0.2) is 35.4 Å². The van der Waals surface area contributed by atoms with Crippen molar-refractivity contribution in [1.29, 1.82) is 0 Å². The molecular weight excluding hydrogens is 347 g/mol. The van der Waals surface area contributed by atoms with Crippen LogP contribution in [0.5, 0.6) is 5.75 Å². The number of para-hydroxylation sites is 1. The van der Waals surface area contributed by atoms with Gasteiger partial charge in [0.1, 0.15) is 17.6 Å². The van der Waals surface area contributed by atoms with E-state index in [-0.39, 0.29) is 25.1 Å². The van der Waals surface area contributed by atoms with E-state index in [2.05, 4.69) is 5.32 Å². The number of ether oxygens (including phenoxy) is 1. The smallest absolute Gasteiger partial charge is 0.261 e. The topological polar surface area (TPSA) is 58.6 Å². The summed E-state index contributed by atoms with van der Waals surface area (Å²) in [5.74, 6) is -0.561. The molecule has 6 heteroatoms. The second-order valence-electron chi connectivity index (χ2n) is 6.55. The Kier molecular flexibility index (Phi) is 7.34. The fourth-order valence-corrected chi connectivity index (χ4v) is 2.54. The number of halogens is 1. The molecule has 0 aliphatic heterocycles. The predicted molar refractivity (Wildman–Crippen MR) is 102 cm³/mol. The largest absolute Gasteiger partial charge is 0.484 e. The van der Waals surface area contributed by atoms with Gasteiger partial charge in [0, 0.05) is 18.2 Å². The van der Waals surface area contributed by atoms with Crippen molar-refractivity contribution in [2.24, 2.45) is 0 Å². The minimum Gasteiger partial charge on any atom is -0.484 e. The van der Waals surface area contributed by atoms with Gasteiger partial charge in [0.15, 0.2) is 6.61 Å². The maximum absolute atomic E-state index is 14.1. The summed E-state index contributed by atoms with van der Waals surface area (Å²) >= 11 is 0. The summed E-state index contributed by atoms with van der Waals surface area (Å²) in [6.45, 7) is 5.05. The van der Waals surface area contributed by atoms with Crippen molar-refractivity contribution in [2.75, 3.05) is 6.61 Å². The van der Waals surface area contributed by atoms with E-state index < -0.39 is 17.8 Å². The van der Waals surface area contributed by atoms with Crippen LogP contribution >= 0.6 is 0 Å². The second kappa shape index (κ2) is 9.71. The van der Waals surface area contributed by atoms with Gasteiger partial charge in [0.25, 0.3) is 5.91 Å². The first-order chi connectivity index (χ1) is 12.9. The molecule has 144 valence electrons. The number of nitrogens with zero attached hydrogens (tertiary/aromatic N) is 1. The first kappa shape index (κ1) is 20.4. The van der Waals surface area contributed by atoms with Gasteiger partial charge in [-0.05, 0) is 39.0 Å². The number of hydrogen-bond donors (Lipinski definition) is 1. The molecule has 1 unspecified atom stereocenters. The molecule has 0 aliphatic rings. The Hall–Kier alpha value is -2.89. The average molecular weight is 372 g/mol. The van der Waals surface area contributed by atoms with Gasteiger partial charge in [-0.2, -0.15) is 0 Å². The SMILES string of the molecule is CC(C)NC(=O)C(C)N(Cc1ccccc1F)C(=O)COc1ccccc1. The Bertz CT molecular complexity index is 765. The molecule has 0 spiro atoms. The molecule has 5 nitrogen and oxygen atoms in total. The highest BCUT2D eigenvalue weighted by Gasteiger charge is 2.27. The molecule has 27 heavy (non-hydrogen) atoms. The van der Waals surface area contributed by atoms with Crippen molar-refractivity contribution in [3.05, 3.63) is 66.0 Å². The fourth-order valence-electron chi connectivity index (χ4n) is 2.54. The Morgan fingerprint density at radius 1 is 1.04 bits per heavy atom. The number of benzene rings is 2. The van der Waals surface area contributed by atoms with Crippen molar-refractivity contribution in [1.82, 2.24) is 10.2 Å². The van der Waals surface area contributed by atoms with Gasteiger partial charge in [-0.25, -0.2) is 4.39 Å². The van der Waals surface area contributed by atoms with Crippen LogP contribution in [0.4, 0.5) is 4.39 Å². The van der Waals surface area contributed by atoms with E-state index >= 15 is 0 Å². The normalized spacial score (nSPS) is 11.7. The van der Waals surface area contributed by atoms with E-state index in [0.29, 0.717) is 11.3 Å². The third-order valence-corrected chi connectivity index (χ3v) is 4.00. The van der Waals surface area contributed by atoms with E-state index in [4.69, 9.17) is 4.74 Å². The summed E-state index contributed by atoms with van der Waals surface area (Å²) in [6, 6.07) is 14.3. The second-order valence-corrected chi connectivity index (χ2v) is 6.55. The van der Waals surface area contributed by atoms with Crippen LogP contribution in [0.2, 0.25) is 0 Å². The van der Waals surface area contributed by atoms with E-state index in [1.54, 1.807) is 49.4 Å². The molecule has 0 aliphatic carbocycles. The third-order valence-electron chi connectivity index (χ3n) is 4.00. The first-order valence-electron chi connectivity index (χ1n) is 8.89. The van der Waals surface area contributed by atoms with Crippen LogP contribution in [0.1, 0.15) is 26.3 Å². The standard InChI is InChI=1S/C21H25FN2O3/c1-15(2)23-21(26)16(3)24(13-17-9-7-8-12-19(17)22)20(25)14-27-18-10-5-4-6-11-18/h4-12,15-16H,13-14H2,1-3H3,(H,23,26). The summed E-state index contributed by atoms with van der Waals surface area (Å²) in [6.07, 6.45) is 0. The van der Waals surface area contributed by atoms with Crippen LogP contribution in [-0.2, 0) is 16.1 Å². The molecule has 1 N–H and O–H groups in total. The van der Waals surface area contributed by atoms with Crippen LogP contribution in [0.15, 0.2) is 54.6 Å². The maximum Gasteiger partial charge on any atom is 0.261 e. The molecular formula is C21H25FN2O3. The number of nitrogens with one attached hydrogen (secondary N) is 1. The van der Waals surface area contributed by atoms with Crippen LogP contribution in [0, 0.1) is 5.82 Å². The molecule has 1 atom stereocenters. The summed E-state index contributed by atoms with van der Waals surface area (Å²) in [7, 11) is 0. The highest BCUT2D eigenvalue weighted by Crippen LogP contribution is 2.14. The monoisotopic (exact) mass is 372 g/mol. The van der Waals surface area contributed by atoms with Crippen molar-refractivity contribution in [3.63, 3.8) is 0 Å². The first-order valence-corrected chi connectivity index (χ1v) is 8.89. The molecule has 0 heterocycles. The molecule has 0 bridgehead atoms. The molecule has 0 saturated heterocycles. The lowest BCUT2D eigenvalue weighted by atomic mass is 10.1. The summed E-state index contributed by atoms with van der Waals surface area (Å²) < 4.78 is 19.6. The van der Waals surface area contributed by atoms with Gasteiger partial charge in [-0.1, -0.05) is 36.4 Å². The highest BCUT2D eigenvalue weighted by atomic mass is 19.1. The molecule has 0 radical (unpaired) electrons. The zero-order valence-corrected chi connectivity index (χ0v) is 15.8. The van der Waals surface area contributed by atoms with Gasteiger partial charge in [0.2, 0.25) is 5.91 Å². The Balaban J connectivity index is 2.15. The predicted octanol–water partition coefficient (Wildman–Crippen LogP) is 3.15. The molecule has 0 saturated carbocycles. The summed E-state index contributed by atoms with van der Waals surface area (Å²) in [5.41, 5.74) is 0.342. The van der Waals surface area contributed by atoms with Gasteiger partial charge in [-0.3, -0.25) is 9.59 Å². The molecule has 2 aromatic carbocycles. The van der Waals surface area contributed by atoms with E-state index in [0.717, 1.165) is 0 Å².